The van der Waals surface area contributed by atoms with Crippen molar-refractivity contribution >= 4 is 44.9 Å². The molecule has 0 atom stereocenters. The zero-order chi connectivity index (χ0) is 18.2. The predicted octanol–water partition coefficient (Wildman–Crippen LogP) is 3.63. The lowest BCUT2D eigenvalue weighted by molar-refractivity contribution is 0.262. The minimum absolute atomic E-state index is 0.0344. The van der Waals surface area contributed by atoms with Crippen molar-refractivity contribution in [2.45, 2.75) is 4.90 Å². The molecule has 0 saturated carbocycles. The standard InChI is InChI=1S/C16H12ClFN2O4S/c17-13-10(18)4-1-5-11(13)19-16(22)20-12-7-6-9-3-2-8-25(23,24)15(9)14(12)21/h1-7,21H,8H2,(H2,19,20,22). The highest BCUT2D eigenvalue weighted by Gasteiger charge is 2.26. The topological polar surface area (TPSA) is 95.5 Å². The molecule has 6 nitrogen and oxygen atoms in total. The summed E-state index contributed by atoms with van der Waals surface area (Å²) in [4.78, 5) is 11.8. The Hall–Kier alpha value is -2.58. The van der Waals surface area contributed by atoms with Crippen molar-refractivity contribution in [1.82, 2.24) is 0 Å². The van der Waals surface area contributed by atoms with Crippen LogP contribution in [0.5, 0.6) is 5.75 Å². The summed E-state index contributed by atoms with van der Waals surface area (Å²) >= 11 is 5.75. The summed E-state index contributed by atoms with van der Waals surface area (Å²) in [6.45, 7) is 0. The maximum absolute atomic E-state index is 13.4. The molecule has 3 N–H and O–H groups in total. The molecule has 1 aliphatic heterocycles. The third-order valence-corrected chi connectivity index (χ3v) is 5.60. The highest BCUT2D eigenvalue weighted by atomic mass is 35.5. The van der Waals surface area contributed by atoms with E-state index < -0.39 is 27.4 Å². The van der Waals surface area contributed by atoms with Crippen LogP contribution in [0.15, 0.2) is 41.3 Å². The maximum Gasteiger partial charge on any atom is 0.323 e. The van der Waals surface area contributed by atoms with Gasteiger partial charge in [-0.15, -0.1) is 0 Å². The number of aromatic hydroxyl groups is 1. The first kappa shape index (κ1) is 17.2. The number of anilines is 2. The van der Waals surface area contributed by atoms with Gasteiger partial charge in [0.2, 0.25) is 0 Å². The summed E-state index contributed by atoms with van der Waals surface area (Å²) in [6.07, 6.45) is 3.05. The molecule has 0 aliphatic carbocycles. The van der Waals surface area contributed by atoms with Crippen LogP contribution in [0.2, 0.25) is 5.02 Å². The second-order valence-electron chi connectivity index (χ2n) is 5.24. The van der Waals surface area contributed by atoms with E-state index in [0.717, 1.165) is 6.07 Å². The molecule has 1 aliphatic rings. The molecule has 130 valence electrons. The number of phenols is 1. The molecule has 3 rings (SSSR count). The first-order chi connectivity index (χ1) is 11.8. The van der Waals surface area contributed by atoms with Crippen molar-refractivity contribution in [2.24, 2.45) is 0 Å². The van der Waals surface area contributed by atoms with Crippen LogP contribution in [0.4, 0.5) is 20.6 Å². The number of amides is 2. The third-order valence-electron chi connectivity index (χ3n) is 3.53. The van der Waals surface area contributed by atoms with Gasteiger partial charge < -0.3 is 15.7 Å². The van der Waals surface area contributed by atoms with E-state index >= 15 is 0 Å². The number of phenolic OH excluding ortho intramolecular Hbond substituents is 1. The molecule has 2 aromatic carbocycles. The summed E-state index contributed by atoms with van der Waals surface area (Å²) in [6, 6.07) is 5.92. The molecule has 0 saturated heterocycles. The van der Waals surface area contributed by atoms with Gasteiger partial charge in [0.15, 0.2) is 15.6 Å². The Morgan fingerprint density at radius 1 is 1.16 bits per heavy atom. The van der Waals surface area contributed by atoms with E-state index in [4.69, 9.17) is 11.6 Å². The number of hydrogen-bond acceptors (Lipinski definition) is 4. The molecule has 0 aromatic heterocycles. The average molecular weight is 383 g/mol. The number of urea groups is 1. The minimum atomic E-state index is -3.68. The lowest BCUT2D eigenvalue weighted by Gasteiger charge is -2.16. The van der Waals surface area contributed by atoms with Gasteiger partial charge in [-0.2, -0.15) is 0 Å². The smallest absolute Gasteiger partial charge is 0.323 e. The highest BCUT2D eigenvalue weighted by Crippen LogP contribution is 2.37. The third kappa shape index (κ3) is 3.31. The van der Waals surface area contributed by atoms with Gasteiger partial charge in [-0.3, -0.25) is 0 Å². The van der Waals surface area contributed by atoms with Crippen LogP contribution in [0, 0.1) is 5.82 Å². The number of sulfone groups is 1. The van der Waals surface area contributed by atoms with E-state index in [0.29, 0.717) is 5.56 Å². The molecule has 25 heavy (non-hydrogen) atoms. The molecule has 0 fully saturated rings. The Labute approximate surface area is 147 Å². The van der Waals surface area contributed by atoms with E-state index in [1.54, 1.807) is 6.08 Å². The molecule has 9 heteroatoms. The van der Waals surface area contributed by atoms with Gasteiger partial charge in [0, 0.05) is 0 Å². The monoisotopic (exact) mass is 382 g/mol. The zero-order valence-electron chi connectivity index (χ0n) is 12.6. The normalized spacial score (nSPS) is 14.6. The van der Waals surface area contributed by atoms with Crippen molar-refractivity contribution in [3.8, 4) is 5.75 Å². The lowest BCUT2D eigenvalue weighted by Crippen LogP contribution is -2.20. The quantitative estimate of drug-likeness (QED) is 0.691. The molecule has 1 heterocycles. The second-order valence-corrected chi connectivity index (χ2v) is 7.59. The molecule has 0 bridgehead atoms. The predicted molar refractivity (Wildman–Crippen MR) is 93.2 cm³/mol. The lowest BCUT2D eigenvalue weighted by atomic mass is 10.1. The SMILES string of the molecule is O=C(Nc1ccc2c(c1O)S(=O)(=O)CC=C2)Nc1cccc(F)c1Cl. The van der Waals surface area contributed by atoms with Gasteiger partial charge in [0.1, 0.15) is 10.7 Å². The van der Waals surface area contributed by atoms with E-state index in [1.807, 2.05) is 0 Å². The first-order valence-corrected chi connectivity index (χ1v) is 9.10. The maximum atomic E-state index is 13.4. The van der Waals surface area contributed by atoms with Gasteiger partial charge in [-0.25, -0.2) is 17.6 Å². The van der Waals surface area contributed by atoms with Crippen LogP contribution >= 0.6 is 11.6 Å². The van der Waals surface area contributed by atoms with Gasteiger partial charge in [0.25, 0.3) is 0 Å². The summed E-state index contributed by atoms with van der Waals surface area (Å²) in [5.41, 5.74) is 0.276. The van der Waals surface area contributed by atoms with Crippen LogP contribution in [0.25, 0.3) is 6.08 Å². The summed E-state index contributed by atoms with van der Waals surface area (Å²) < 4.78 is 37.6. The van der Waals surface area contributed by atoms with Crippen LogP contribution in [0.1, 0.15) is 5.56 Å². The Morgan fingerprint density at radius 2 is 1.88 bits per heavy atom. The number of carbonyl (C=O) groups excluding carboxylic acids is 1. The summed E-state index contributed by atoms with van der Waals surface area (Å²) in [5.74, 6) is -1.49. The average Bonchev–Trinajstić information content (AvgIpc) is 2.54. The fourth-order valence-corrected chi connectivity index (χ4v) is 4.00. The zero-order valence-corrected chi connectivity index (χ0v) is 14.2. The molecule has 0 spiro atoms. The van der Waals surface area contributed by atoms with E-state index in [9.17, 15) is 22.7 Å². The first-order valence-electron chi connectivity index (χ1n) is 7.07. The minimum Gasteiger partial charge on any atom is -0.504 e. The Morgan fingerprint density at radius 3 is 2.64 bits per heavy atom. The van der Waals surface area contributed by atoms with E-state index in [-0.39, 0.29) is 27.0 Å². The molecular formula is C16H12ClFN2O4S. The Balaban J connectivity index is 1.88. The van der Waals surface area contributed by atoms with Crippen molar-refractivity contribution in [3.63, 3.8) is 0 Å². The number of hydrogen-bond donors (Lipinski definition) is 3. The van der Waals surface area contributed by atoms with Gasteiger partial charge in [0.05, 0.1) is 22.2 Å². The van der Waals surface area contributed by atoms with Crippen molar-refractivity contribution in [2.75, 3.05) is 16.4 Å². The van der Waals surface area contributed by atoms with E-state index in [2.05, 4.69) is 10.6 Å². The van der Waals surface area contributed by atoms with Crippen LogP contribution < -0.4 is 10.6 Å². The Bertz CT molecular complexity index is 1010. The number of nitrogens with one attached hydrogen (secondary N) is 2. The van der Waals surface area contributed by atoms with Gasteiger partial charge >= 0.3 is 6.03 Å². The number of fused-ring (bicyclic) bond motifs is 1. The number of halogens is 2. The summed E-state index contributed by atoms with van der Waals surface area (Å²) in [7, 11) is -3.68. The second kappa shape index (κ2) is 6.38. The van der Waals surface area contributed by atoms with E-state index in [1.165, 1.54) is 30.3 Å². The number of carbonyl (C=O) groups is 1. The molecule has 2 aromatic rings. The number of benzene rings is 2. The molecule has 0 radical (unpaired) electrons. The highest BCUT2D eigenvalue weighted by molar-refractivity contribution is 7.91. The van der Waals surface area contributed by atoms with Crippen LogP contribution in [-0.2, 0) is 9.84 Å². The van der Waals surface area contributed by atoms with Gasteiger partial charge in [-0.1, -0.05) is 35.9 Å². The molecule has 0 unspecified atom stereocenters. The van der Waals surface area contributed by atoms with Crippen LogP contribution in [-0.4, -0.2) is 25.3 Å². The largest absolute Gasteiger partial charge is 0.504 e. The molecular weight excluding hydrogens is 371 g/mol. The van der Waals surface area contributed by atoms with Crippen LogP contribution in [0.3, 0.4) is 0 Å². The van der Waals surface area contributed by atoms with Crippen molar-refractivity contribution in [3.05, 3.63) is 52.8 Å². The fraction of sp³-hybridized carbons (Fsp3) is 0.0625. The van der Waals surface area contributed by atoms with Crippen molar-refractivity contribution in [1.29, 1.82) is 0 Å². The fourth-order valence-electron chi connectivity index (χ4n) is 2.41. The van der Waals surface area contributed by atoms with Crippen molar-refractivity contribution < 1.29 is 22.7 Å². The van der Waals surface area contributed by atoms with Gasteiger partial charge in [-0.05, 0) is 23.8 Å². The number of rotatable bonds is 2. The summed E-state index contributed by atoms with van der Waals surface area (Å²) in [5, 5.41) is 14.6. The molecule has 2 amide bonds. The Kier molecular flexibility index (Phi) is 4.40.